The van der Waals surface area contributed by atoms with Gasteiger partial charge in [-0.05, 0) is 23.8 Å². The molecule has 0 aliphatic carbocycles. The van der Waals surface area contributed by atoms with Gasteiger partial charge in [-0.3, -0.25) is 0 Å². The Kier molecular flexibility index (Phi) is 5.06. The van der Waals surface area contributed by atoms with Crippen LogP contribution in [0.5, 0.6) is 0 Å². The van der Waals surface area contributed by atoms with E-state index in [9.17, 15) is 4.39 Å². The summed E-state index contributed by atoms with van der Waals surface area (Å²) in [6, 6.07) is 12.0. The highest BCUT2D eigenvalue weighted by Gasteiger charge is 2.05. The van der Waals surface area contributed by atoms with E-state index in [0.717, 1.165) is 5.56 Å². The maximum atomic E-state index is 13.8. The average molecular weight is 310 g/mol. The predicted octanol–water partition coefficient (Wildman–Crippen LogP) is 3.83. The first-order valence-corrected chi connectivity index (χ1v) is 6.75. The van der Waals surface area contributed by atoms with Gasteiger partial charge < -0.3 is 10.5 Å². The molecule has 0 radical (unpaired) electrons. The average Bonchev–Trinajstić information content (AvgIpc) is 2.40. The third-order valence-electron chi connectivity index (χ3n) is 2.75. The molecule has 5 heteroatoms. The molecule has 2 N–H and O–H groups in total. The second-order valence-corrected chi connectivity index (χ2v) is 5.17. The molecule has 0 saturated carbocycles. The van der Waals surface area contributed by atoms with Crippen molar-refractivity contribution in [2.24, 2.45) is 5.73 Å². The third kappa shape index (κ3) is 4.00. The van der Waals surface area contributed by atoms with Crippen LogP contribution in [0.4, 0.5) is 4.39 Å². The van der Waals surface area contributed by atoms with Crippen LogP contribution in [0.3, 0.4) is 0 Å². The molecular formula is C15H13ClFNOS. The van der Waals surface area contributed by atoms with Gasteiger partial charge in [-0.15, -0.1) is 0 Å². The maximum absolute atomic E-state index is 13.8. The first-order chi connectivity index (χ1) is 9.56. The second-order valence-electron chi connectivity index (χ2n) is 4.29. The number of halogens is 2. The van der Waals surface area contributed by atoms with E-state index in [4.69, 9.17) is 34.3 Å². The van der Waals surface area contributed by atoms with Crippen molar-refractivity contribution >= 4 is 28.8 Å². The summed E-state index contributed by atoms with van der Waals surface area (Å²) in [6.45, 7) is 0.549. The van der Waals surface area contributed by atoms with Gasteiger partial charge in [0.2, 0.25) is 0 Å². The Hall–Kier alpha value is -1.49. The summed E-state index contributed by atoms with van der Waals surface area (Å²) in [5, 5.41) is 0.651. The summed E-state index contributed by atoms with van der Waals surface area (Å²) in [5.74, 6) is -0.374. The molecule has 2 nitrogen and oxygen atoms in total. The molecule has 104 valence electrons. The highest BCUT2D eigenvalue weighted by atomic mass is 35.5. The zero-order chi connectivity index (χ0) is 14.5. The van der Waals surface area contributed by atoms with Crippen LogP contribution < -0.4 is 5.73 Å². The molecule has 0 aliphatic heterocycles. The zero-order valence-corrected chi connectivity index (χ0v) is 12.2. The SMILES string of the molecule is NC(=S)c1ccc(COCc2cccc(Cl)c2)c(F)c1. The van der Waals surface area contributed by atoms with Gasteiger partial charge in [0.1, 0.15) is 10.8 Å². The van der Waals surface area contributed by atoms with E-state index in [1.807, 2.05) is 18.2 Å². The van der Waals surface area contributed by atoms with Crippen molar-refractivity contribution in [2.75, 3.05) is 0 Å². The normalized spacial score (nSPS) is 10.5. The lowest BCUT2D eigenvalue weighted by molar-refractivity contribution is 0.105. The Bertz CT molecular complexity index is 633. The van der Waals surface area contributed by atoms with Crippen molar-refractivity contribution in [3.05, 3.63) is 70.0 Å². The summed E-state index contributed by atoms with van der Waals surface area (Å²) >= 11 is 10.7. The highest BCUT2D eigenvalue weighted by molar-refractivity contribution is 7.80. The van der Waals surface area contributed by atoms with Crippen LogP contribution in [-0.4, -0.2) is 4.99 Å². The summed E-state index contributed by atoms with van der Waals surface area (Å²) in [6.07, 6.45) is 0. The van der Waals surface area contributed by atoms with Crippen molar-refractivity contribution in [3.63, 3.8) is 0 Å². The van der Waals surface area contributed by atoms with Gasteiger partial charge in [-0.25, -0.2) is 4.39 Å². The number of hydrogen-bond donors (Lipinski definition) is 1. The first-order valence-electron chi connectivity index (χ1n) is 5.96. The van der Waals surface area contributed by atoms with Crippen LogP contribution in [0.25, 0.3) is 0 Å². The lowest BCUT2D eigenvalue weighted by Crippen LogP contribution is -2.10. The van der Waals surface area contributed by atoms with E-state index >= 15 is 0 Å². The molecule has 0 bridgehead atoms. The van der Waals surface area contributed by atoms with Crippen molar-refractivity contribution < 1.29 is 9.13 Å². The third-order valence-corrected chi connectivity index (χ3v) is 3.22. The second kappa shape index (κ2) is 6.79. The quantitative estimate of drug-likeness (QED) is 0.853. The Morgan fingerprint density at radius 3 is 2.65 bits per heavy atom. The van der Waals surface area contributed by atoms with Gasteiger partial charge in [0, 0.05) is 16.1 Å². The smallest absolute Gasteiger partial charge is 0.129 e. The molecule has 0 saturated heterocycles. The molecule has 0 unspecified atom stereocenters. The number of ether oxygens (including phenoxy) is 1. The number of hydrogen-bond acceptors (Lipinski definition) is 2. The Morgan fingerprint density at radius 2 is 2.00 bits per heavy atom. The van der Waals surface area contributed by atoms with Crippen molar-refractivity contribution in [1.29, 1.82) is 0 Å². The summed E-state index contributed by atoms with van der Waals surface area (Å²) in [7, 11) is 0. The van der Waals surface area contributed by atoms with Gasteiger partial charge in [-0.1, -0.05) is 48.1 Å². The van der Waals surface area contributed by atoms with Gasteiger partial charge in [0.05, 0.1) is 13.2 Å². The van der Waals surface area contributed by atoms with Crippen LogP contribution >= 0.6 is 23.8 Å². The lowest BCUT2D eigenvalue weighted by Gasteiger charge is -2.07. The lowest BCUT2D eigenvalue weighted by atomic mass is 10.1. The van der Waals surface area contributed by atoms with Gasteiger partial charge >= 0.3 is 0 Å². The molecule has 0 spiro atoms. The summed E-state index contributed by atoms with van der Waals surface area (Å²) < 4.78 is 19.3. The fraction of sp³-hybridized carbons (Fsp3) is 0.133. The van der Waals surface area contributed by atoms with Gasteiger partial charge in [0.15, 0.2) is 0 Å². The maximum Gasteiger partial charge on any atom is 0.129 e. The van der Waals surface area contributed by atoms with Crippen molar-refractivity contribution in [1.82, 2.24) is 0 Å². The minimum atomic E-state index is -0.374. The standard InChI is InChI=1S/C15H13ClFNOS/c16-13-3-1-2-10(6-13)8-19-9-12-5-4-11(15(18)20)7-14(12)17/h1-7H,8-9H2,(H2,18,20). The van der Waals surface area contributed by atoms with Gasteiger partial charge in [-0.2, -0.15) is 0 Å². The minimum Gasteiger partial charge on any atom is -0.389 e. The number of rotatable bonds is 5. The van der Waals surface area contributed by atoms with Gasteiger partial charge in [0.25, 0.3) is 0 Å². The van der Waals surface area contributed by atoms with Crippen LogP contribution in [0.15, 0.2) is 42.5 Å². The molecule has 0 aliphatic rings. The molecule has 0 aromatic heterocycles. The van der Waals surface area contributed by atoms with Crippen molar-refractivity contribution in [2.45, 2.75) is 13.2 Å². The largest absolute Gasteiger partial charge is 0.389 e. The molecule has 0 amide bonds. The molecule has 0 fully saturated rings. The molecular weight excluding hydrogens is 297 g/mol. The first kappa shape index (κ1) is 14.9. The number of thiocarbonyl (C=S) groups is 1. The molecule has 0 heterocycles. The Labute approximate surface area is 127 Å². The fourth-order valence-corrected chi connectivity index (χ4v) is 2.06. The highest BCUT2D eigenvalue weighted by Crippen LogP contribution is 2.15. The van der Waals surface area contributed by atoms with E-state index in [0.29, 0.717) is 22.8 Å². The van der Waals surface area contributed by atoms with Crippen molar-refractivity contribution in [3.8, 4) is 0 Å². The van der Waals surface area contributed by atoms with E-state index in [1.54, 1.807) is 18.2 Å². The summed E-state index contributed by atoms with van der Waals surface area (Å²) in [5.41, 5.74) is 7.36. The minimum absolute atomic E-state index is 0.176. The molecule has 0 atom stereocenters. The Balaban J connectivity index is 1.96. The number of benzene rings is 2. The van der Waals surface area contributed by atoms with Crippen LogP contribution in [0, 0.1) is 5.82 Å². The monoisotopic (exact) mass is 309 g/mol. The zero-order valence-electron chi connectivity index (χ0n) is 10.6. The molecule has 2 rings (SSSR count). The van der Waals surface area contributed by atoms with E-state index in [1.165, 1.54) is 6.07 Å². The Morgan fingerprint density at radius 1 is 1.20 bits per heavy atom. The topological polar surface area (TPSA) is 35.2 Å². The molecule has 2 aromatic carbocycles. The molecule has 2 aromatic rings. The van der Waals surface area contributed by atoms with Crippen LogP contribution in [0.1, 0.15) is 16.7 Å². The predicted molar refractivity (Wildman–Crippen MR) is 82.2 cm³/mol. The van der Waals surface area contributed by atoms with Crippen LogP contribution in [0.2, 0.25) is 5.02 Å². The van der Waals surface area contributed by atoms with Crippen LogP contribution in [-0.2, 0) is 18.0 Å². The summed E-state index contributed by atoms with van der Waals surface area (Å²) in [4.78, 5) is 0.176. The van der Waals surface area contributed by atoms with E-state index < -0.39 is 0 Å². The van der Waals surface area contributed by atoms with E-state index in [2.05, 4.69) is 0 Å². The van der Waals surface area contributed by atoms with E-state index in [-0.39, 0.29) is 17.4 Å². The molecule has 20 heavy (non-hydrogen) atoms. The fourth-order valence-electron chi connectivity index (χ4n) is 1.72. The number of nitrogens with two attached hydrogens (primary N) is 1.